The van der Waals surface area contributed by atoms with E-state index in [1.165, 1.54) is 116 Å². The number of carbonyl (C=O) groups excluding carboxylic acids is 2. The van der Waals surface area contributed by atoms with Crippen LogP contribution >= 0.6 is 0 Å². The van der Waals surface area contributed by atoms with E-state index >= 15 is 0 Å². The molecule has 0 spiro atoms. The van der Waals surface area contributed by atoms with Gasteiger partial charge < -0.3 is 19.3 Å². The fraction of sp³-hybridized carbons (Fsp3) is 0.796. The molecule has 0 rings (SSSR count). The van der Waals surface area contributed by atoms with E-state index in [0.717, 1.165) is 70.9 Å². The van der Waals surface area contributed by atoms with Crippen LogP contribution < -0.4 is 0 Å². The number of rotatable bonds is 42. The summed E-state index contributed by atoms with van der Waals surface area (Å²) in [6, 6.07) is 0. The Bertz CT molecular complexity index is 875. The summed E-state index contributed by atoms with van der Waals surface area (Å²) in [4.78, 5) is 29.5. The molecule has 0 aliphatic heterocycles. The lowest BCUT2D eigenvalue weighted by atomic mass is 10.1. The van der Waals surface area contributed by atoms with Gasteiger partial charge >= 0.3 is 11.9 Å². The Morgan fingerprint density at radius 3 is 1.15 bits per heavy atom. The summed E-state index contributed by atoms with van der Waals surface area (Å²) in [6.07, 6.45) is 51.5. The van der Waals surface area contributed by atoms with Crippen molar-refractivity contribution >= 4 is 11.9 Å². The van der Waals surface area contributed by atoms with Gasteiger partial charge in [-0.2, -0.15) is 0 Å². The zero-order valence-electron chi connectivity index (χ0n) is 36.9. The van der Waals surface area contributed by atoms with Gasteiger partial charge in [0.05, 0.1) is 26.1 Å². The summed E-state index contributed by atoms with van der Waals surface area (Å²) in [7, 11) is 4.21. The van der Waals surface area contributed by atoms with E-state index in [0.29, 0.717) is 39.1 Å². The smallest absolute Gasteiger partial charge is 0.307 e. The first-order valence-electron chi connectivity index (χ1n) is 23.3. The van der Waals surface area contributed by atoms with E-state index in [2.05, 4.69) is 86.4 Å². The molecular formula is C49H90N2O4. The maximum absolute atomic E-state index is 12.5. The van der Waals surface area contributed by atoms with Crippen LogP contribution in [0.1, 0.15) is 200 Å². The number of nitrogens with zero attached hydrogens (tertiary/aromatic N) is 2. The molecule has 0 bridgehead atoms. The van der Waals surface area contributed by atoms with Crippen molar-refractivity contribution < 1.29 is 19.1 Å². The van der Waals surface area contributed by atoms with Crippen molar-refractivity contribution in [3.05, 3.63) is 48.6 Å². The lowest BCUT2D eigenvalue weighted by Crippen LogP contribution is -2.31. The lowest BCUT2D eigenvalue weighted by Gasteiger charge is -2.22. The largest absolute Gasteiger partial charge is 0.466 e. The molecule has 0 aromatic carbocycles. The minimum Gasteiger partial charge on any atom is -0.466 e. The van der Waals surface area contributed by atoms with Crippen molar-refractivity contribution in [1.29, 1.82) is 0 Å². The Labute approximate surface area is 342 Å². The molecule has 6 heteroatoms. The number of unbranched alkanes of at least 4 members (excludes halogenated alkanes) is 20. The second-order valence-corrected chi connectivity index (χ2v) is 15.8. The van der Waals surface area contributed by atoms with Gasteiger partial charge in [-0.15, -0.1) is 0 Å². The second-order valence-electron chi connectivity index (χ2n) is 15.8. The highest BCUT2D eigenvalue weighted by Crippen LogP contribution is 2.11. The molecule has 0 aromatic heterocycles. The quantitative estimate of drug-likeness (QED) is 0.0350. The van der Waals surface area contributed by atoms with Crippen molar-refractivity contribution in [3.63, 3.8) is 0 Å². The maximum Gasteiger partial charge on any atom is 0.307 e. The fourth-order valence-corrected chi connectivity index (χ4v) is 6.47. The Morgan fingerprint density at radius 1 is 0.400 bits per heavy atom. The van der Waals surface area contributed by atoms with Gasteiger partial charge in [-0.1, -0.05) is 146 Å². The van der Waals surface area contributed by atoms with Gasteiger partial charge in [0.1, 0.15) is 0 Å². The molecule has 0 heterocycles. The molecule has 0 fully saturated rings. The molecule has 0 aromatic rings. The molecule has 0 atom stereocenters. The SMILES string of the molecule is CCCCC/C=C\C/C=C\CCCCCCCCOC(=O)CCN(CCCCCN(C)C)CCC(=O)OCCCCCCCC/C=C\C/C=C\CCCCC. The highest BCUT2D eigenvalue weighted by atomic mass is 16.5. The Morgan fingerprint density at radius 2 is 0.745 bits per heavy atom. The van der Waals surface area contributed by atoms with Crippen molar-refractivity contribution in [2.75, 3.05) is 53.5 Å². The molecule has 0 unspecified atom stereocenters. The first-order chi connectivity index (χ1) is 27.0. The van der Waals surface area contributed by atoms with Crippen LogP contribution in [-0.4, -0.2) is 75.2 Å². The van der Waals surface area contributed by atoms with Gasteiger partial charge in [-0.3, -0.25) is 9.59 Å². The zero-order chi connectivity index (χ0) is 40.1. The molecule has 6 nitrogen and oxygen atoms in total. The van der Waals surface area contributed by atoms with Crippen molar-refractivity contribution in [2.24, 2.45) is 0 Å². The predicted octanol–water partition coefficient (Wildman–Crippen LogP) is 13.5. The normalized spacial score (nSPS) is 12.2. The third-order valence-electron chi connectivity index (χ3n) is 10.1. The molecule has 0 aliphatic rings. The van der Waals surface area contributed by atoms with Crippen LogP contribution in [0.5, 0.6) is 0 Å². The number of hydrogen-bond donors (Lipinski definition) is 0. The summed E-state index contributed by atoms with van der Waals surface area (Å²) in [5, 5.41) is 0. The summed E-state index contributed by atoms with van der Waals surface area (Å²) < 4.78 is 11.1. The van der Waals surface area contributed by atoms with Crippen LogP contribution in [0, 0.1) is 0 Å². The lowest BCUT2D eigenvalue weighted by molar-refractivity contribution is -0.144. The summed E-state index contributed by atoms with van der Waals surface area (Å²) in [5.74, 6) is -0.250. The van der Waals surface area contributed by atoms with Crippen LogP contribution in [0.3, 0.4) is 0 Å². The third kappa shape index (κ3) is 44.4. The van der Waals surface area contributed by atoms with E-state index in [1.54, 1.807) is 0 Å². The fourth-order valence-electron chi connectivity index (χ4n) is 6.47. The minimum atomic E-state index is -0.125. The molecule has 55 heavy (non-hydrogen) atoms. The first-order valence-corrected chi connectivity index (χ1v) is 23.3. The average molecular weight is 771 g/mol. The highest BCUT2D eigenvalue weighted by Gasteiger charge is 2.12. The van der Waals surface area contributed by atoms with E-state index < -0.39 is 0 Å². The van der Waals surface area contributed by atoms with Gasteiger partial charge in [-0.05, 0) is 117 Å². The molecule has 0 aliphatic carbocycles. The van der Waals surface area contributed by atoms with Crippen molar-refractivity contribution in [3.8, 4) is 0 Å². The van der Waals surface area contributed by atoms with E-state index in [-0.39, 0.29) is 11.9 Å². The monoisotopic (exact) mass is 771 g/mol. The molecular weight excluding hydrogens is 681 g/mol. The van der Waals surface area contributed by atoms with E-state index in [4.69, 9.17) is 9.47 Å². The van der Waals surface area contributed by atoms with Gasteiger partial charge in [0.15, 0.2) is 0 Å². The van der Waals surface area contributed by atoms with Crippen molar-refractivity contribution in [1.82, 2.24) is 9.80 Å². The standard InChI is InChI=1S/C49H90N2O4/c1-5-7-9-11-13-15-17-19-21-23-25-27-29-31-33-38-46-54-48(52)40-44-51(43-37-35-36-42-50(3)4)45-41-49(53)55-47-39-34-32-30-28-26-24-22-20-18-16-14-12-10-8-6-2/h13-16,19-22H,5-12,17-18,23-47H2,1-4H3/b15-13-,16-14-,21-19-,22-20-. The van der Waals surface area contributed by atoms with Crippen molar-refractivity contribution in [2.45, 2.75) is 200 Å². The van der Waals surface area contributed by atoms with E-state index in [1.807, 2.05) is 0 Å². The van der Waals surface area contributed by atoms with Gasteiger partial charge in [0.25, 0.3) is 0 Å². The van der Waals surface area contributed by atoms with Crippen LogP contribution in [0.4, 0.5) is 0 Å². The Hall–Kier alpha value is -2.18. The highest BCUT2D eigenvalue weighted by molar-refractivity contribution is 5.70. The topological polar surface area (TPSA) is 59.1 Å². The maximum atomic E-state index is 12.5. The van der Waals surface area contributed by atoms with Crippen LogP contribution in [-0.2, 0) is 19.1 Å². The number of allylic oxidation sites excluding steroid dienone is 8. The second kappa shape index (κ2) is 44.5. The van der Waals surface area contributed by atoms with Gasteiger partial charge in [0, 0.05) is 13.1 Å². The predicted molar refractivity (Wildman–Crippen MR) is 239 cm³/mol. The zero-order valence-corrected chi connectivity index (χ0v) is 36.9. The minimum absolute atomic E-state index is 0.125. The van der Waals surface area contributed by atoms with Crippen LogP contribution in [0.25, 0.3) is 0 Å². The van der Waals surface area contributed by atoms with Crippen LogP contribution in [0.2, 0.25) is 0 Å². The van der Waals surface area contributed by atoms with E-state index in [9.17, 15) is 9.59 Å². The third-order valence-corrected chi connectivity index (χ3v) is 10.1. The number of esters is 2. The number of carbonyl (C=O) groups is 2. The van der Waals surface area contributed by atoms with Gasteiger partial charge in [0.2, 0.25) is 0 Å². The average Bonchev–Trinajstić information content (AvgIpc) is 3.17. The molecule has 0 amide bonds. The summed E-state index contributed by atoms with van der Waals surface area (Å²) in [5.41, 5.74) is 0. The molecule has 320 valence electrons. The number of ether oxygens (including phenoxy) is 2. The summed E-state index contributed by atoms with van der Waals surface area (Å²) in [6.45, 7) is 8.78. The first kappa shape index (κ1) is 52.8. The number of hydrogen-bond acceptors (Lipinski definition) is 6. The van der Waals surface area contributed by atoms with Gasteiger partial charge in [-0.25, -0.2) is 0 Å². The molecule has 0 radical (unpaired) electrons. The van der Waals surface area contributed by atoms with Crippen LogP contribution in [0.15, 0.2) is 48.6 Å². The molecule has 0 saturated carbocycles. The Balaban J connectivity index is 4.02. The molecule has 0 saturated heterocycles. The molecule has 0 N–H and O–H groups in total. The Kier molecular flexibility index (Phi) is 42.8. The summed E-state index contributed by atoms with van der Waals surface area (Å²) >= 11 is 0.